The van der Waals surface area contributed by atoms with Gasteiger partial charge in [0.25, 0.3) is 0 Å². The number of benzene rings is 2. The largest absolute Gasteiger partial charge is 0.326 e. The predicted molar refractivity (Wildman–Crippen MR) is 112 cm³/mol. The number of fused-ring (bicyclic) bond motifs is 1. The zero-order chi connectivity index (χ0) is 18.5. The summed E-state index contributed by atoms with van der Waals surface area (Å²) in [5, 5.41) is 5.64. The van der Waals surface area contributed by atoms with Gasteiger partial charge in [-0.05, 0) is 48.7 Å². The molecular formula is C18H17N3O2S3. The van der Waals surface area contributed by atoms with Crippen molar-refractivity contribution in [2.24, 2.45) is 0 Å². The van der Waals surface area contributed by atoms with Gasteiger partial charge >= 0.3 is 0 Å². The van der Waals surface area contributed by atoms with Crippen LogP contribution in [0.15, 0.2) is 51.7 Å². The summed E-state index contributed by atoms with van der Waals surface area (Å²) in [6.07, 6.45) is 2.00. The smallest absolute Gasteiger partial charge is 0.234 e. The second-order valence-corrected chi connectivity index (χ2v) is 8.54. The quantitative estimate of drug-likeness (QED) is 0.584. The topological polar surface area (TPSA) is 71.1 Å². The summed E-state index contributed by atoms with van der Waals surface area (Å²) in [6, 6.07) is 13.2. The number of hydrogen-bond acceptors (Lipinski definition) is 6. The molecule has 0 saturated carbocycles. The molecule has 0 unspecified atom stereocenters. The fourth-order valence-electron chi connectivity index (χ4n) is 2.25. The van der Waals surface area contributed by atoms with E-state index in [-0.39, 0.29) is 11.8 Å². The first-order valence-corrected chi connectivity index (χ1v) is 10.8. The molecule has 1 heterocycles. The van der Waals surface area contributed by atoms with Crippen LogP contribution in [-0.4, -0.2) is 28.8 Å². The van der Waals surface area contributed by atoms with Gasteiger partial charge in [0.15, 0.2) is 4.34 Å². The van der Waals surface area contributed by atoms with E-state index in [1.807, 2.05) is 48.7 Å². The molecule has 134 valence electrons. The Kier molecular flexibility index (Phi) is 6.18. The normalized spacial score (nSPS) is 10.7. The zero-order valence-corrected chi connectivity index (χ0v) is 16.7. The molecule has 2 aromatic carbocycles. The number of anilines is 2. The van der Waals surface area contributed by atoms with Gasteiger partial charge in [-0.1, -0.05) is 11.8 Å². The molecule has 0 atom stereocenters. The third-order valence-corrected chi connectivity index (χ3v) is 6.39. The Morgan fingerprint density at radius 1 is 1.08 bits per heavy atom. The molecule has 0 fully saturated rings. The van der Waals surface area contributed by atoms with E-state index in [2.05, 4.69) is 15.6 Å². The number of thiazole rings is 1. The highest BCUT2D eigenvalue weighted by Crippen LogP contribution is 2.30. The highest BCUT2D eigenvalue weighted by atomic mass is 32.2. The number of nitrogens with one attached hydrogen (secondary N) is 2. The van der Waals surface area contributed by atoms with E-state index >= 15 is 0 Å². The SMILES string of the molecule is CSc1nc2ccc(NC(=O)CSc3ccc(NC(C)=O)cc3)cc2s1. The Labute approximate surface area is 164 Å². The summed E-state index contributed by atoms with van der Waals surface area (Å²) in [7, 11) is 0. The van der Waals surface area contributed by atoms with Crippen LogP contribution in [0.4, 0.5) is 11.4 Å². The lowest BCUT2D eigenvalue weighted by Gasteiger charge is -2.06. The van der Waals surface area contributed by atoms with Crippen LogP contribution in [0.5, 0.6) is 0 Å². The van der Waals surface area contributed by atoms with Gasteiger partial charge < -0.3 is 10.6 Å². The highest BCUT2D eigenvalue weighted by molar-refractivity contribution is 8.00. The zero-order valence-electron chi connectivity index (χ0n) is 14.2. The summed E-state index contributed by atoms with van der Waals surface area (Å²) < 4.78 is 2.08. The van der Waals surface area contributed by atoms with Crippen LogP contribution in [0.2, 0.25) is 0 Å². The van der Waals surface area contributed by atoms with Crippen molar-refractivity contribution in [1.82, 2.24) is 4.98 Å². The fourth-order valence-corrected chi connectivity index (χ4v) is 4.48. The van der Waals surface area contributed by atoms with Crippen LogP contribution in [0, 0.1) is 0 Å². The van der Waals surface area contributed by atoms with Crippen molar-refractivity contribution in [2.75, 3.05) is 22.6 Å². The average Bonchev–Trinajstić information content (AvgIpc) is 3.03. The summed E-state index contributed by atoms with van der Waals surface area (Å²) >= 11 is 4.69. The van der Waals surface area contributed by atoms with Crippen LogP contribution < -0.4 is 10.6 Å². The number of carbonyl (C=O) groups excluding carboxylic acids is 2. The second kappa shape index (κ2) is 8.57. The first-order valence-electron chi connectivity index (χ1n) is 7.78. The summed E-state index contributed by atoms with van der Waals surface area (Å²) in [5.74, 6) is 0.151. The molecular weight excluding hydrogens is 386 g/mol. The monoisotopic (exact) mass is 403 g/mol. The molecule has 0 saturated heterocycles. The average molecular weight is 404 g/mol. The molecule has 0 bridgehead atoms. The lowest BCUT2D eigenvalue weighted by molar-refractivity contribution is -0.114. The molecule has 0 aliphatic heterocycles. The third kappa shape index (κ3) is 5.00. The molecule has 2 amide bonds. The van der Waals surface area contributed by atoms with Gasteiger partial charge in [-0.15, -0.1) is 23.1 Å². The molecule has 1 aromatic heterocycles. The van der Waals surface area contributed by atoms with Gasteiger partial charge in [0.05, 0.1) is 16.0 Å². The van der Waals surface area contributed by atoms with Crippen LogP contribution in [0.1, 0.15) is 6.92 Å². The van der Waals surface area contributed by atoms with Gasteiger partial charge in [-0.25, -0.2) is 4.98 Å². The van der Waals surface area contributed by atoms with Crippen molar-refractivity contribution in [3.05, 3.63) is 42.5 Å². The number of rotatable bonds is 6. The maximum Gasteiger partial charge on any atom is 0.234 e. The molecule has 2 N–H and O–H groups in total. The van der Waals surface area contributed by atoms with Gasteiger partial charge in [0.2, 0.25) is 11.8 Å². The van der Waals surface area contributed by atoms with E-state index in [1.54, 1.807) is 23.1 Å². The number of aromatic nitrogens is 1. The maximum atomic E-state index is 12.2. The molecule has 0 spiro atoms. The molecule has 8 heteroatoms. The molecule has 0 aliphatic carbocycles. The van der Waals surface area contributed by atoms with Crippen molar-refractivity contribution < 1.29 is 9.59 Å². The molecule has 26 heavy (non-hydrogen) atoms. The Hall–Kier alpha value is -2.03. The summed E-state index contributed by atoms with van der Waals surface area (Å²) in [4.78, 5) is 28.7. The number of nitrogens with zero attached hydrogens (tertiary/aromatic N) is 1. The number of carbonyl (C=O) groups is 2. The van der Waals surface area contributed by atoms with Crippen molar-refractivity contribution >= 4 is 68.3 Å². The predicted octanol–water partition coefficient (Wildman–Crippen LogP) is 4.71. The van der Waals surface area contributed by atoms with Gasteiger partial charge in [0, 0.05) is 23.2 Å². The molecule has 0 aliphatic rings. The minimum absolute atomic E-state index is 0.0603. The molecule has 0 radical (unpaired) electrons. The van der Waals surface area contributed by atoms with Crippen LogP contribution in [0.25, 0.3) is 10.2 Å². The first kappa shape index (κ1) is 18.8. The second-order valence-electron chi connectivity index (χ2n) is 5.41. The highest BCUT2D eigenvalue weighted by Gasteiger charge is 2.07. The lowest BCUT2D eigenvalue weighted by atomic mass is 10.3. The number of thioether (sulfide) groups is 2. The van der Waals surface area contributed by atoms with Crippen LogP contribution in [0.3, 0.4) is 0 Å². The molecule has 5 nitrogen and oxygen atoms in total. The summed E-state index contributed by atoms with van der Waals surface area (Å²) in [5.41, 5.74) is 2.47. The van der Waals surface area contributed by atoms with Crippen molar-refractivity contribution in [3.63, 3.8) is 0 Å². The van der Waals surface area contributed by atoms with E-state index in [0.29, 0.717) is 5.75 Å². The minimum Gasteiger partial charge on any atom is -0.326 e. The van der Waals surface area contributed by atoms with E-state index in [1.165, 1.54) is 18.7 Å². The van der Waals surface area contributed by atoms with Gasteiger partial charge in [-0.3, -0.25) is 9.59 Å². The fraction of sp³-hybridized carbons (Fsp3) is 0.167. The van der Waals surface area contributed by atoms with Crippen molar-refractivity contribution in [3.8, 4) is 0 Å². The van der Waals surface area contributed by atoms with E-state index < -0.39 is 0 Å². The lowest BCUT2D eigenvalue weighted by Crippen LogP contribution is -2.13. The third-order valence-electron chi connectivity index (χ3n) is 3.37. The standard InChI is InChI=1S/C18H17N3O2S3/c1-11(22)19-12-3-6-14(7-4-12)25-10-17(23)20-13-5-8-15-16(9-13)26-18(21-15)24-2/h3-9H,10H2,1-2H3,(H,19,22)(H,20,23). The van der Waals surface area contributed by atoms with Gasteiger partial charge in [-0.2, -0.15) is 0 Å². The maximum absolute atomic E-state index is 12.2. The minimum atomic E-state index is -0.104. The Balaban J connectivity index is 1.56. The number of amides is 2. The summed E-state index contributed by atoms with van der Waals surface area (Å²) in [6.45, 7) is 1.47. The van der Waals surface area contributed by atoms with E-state index in [4.69, 9.17) is 0 Å². The number of hydrogen-bond donors (Lipinski definition) is 2. The van der Waals surface area contributed by atoms with E-state index in [9.17, 15) is 9.59 Å². The first-order chi connectivity index (χ1) is 12.5. The Bertz CT molecular complexity index is 939. The Morgan fingerprint density at radius 2 is 1.81 bits per heavy atom. The van der Waals surface area contributed by atoms with Crippen molar-refractivity contribution in [1.29, 1.82) is 0 Å². The van der Waals surface area contributed by atoms with Gasteiger partial charge in [0.1, 0.15) is 0 Å². The van der Waals surface area contributed by atoms with E-state index in [0.717, 1.165) is 30.8 Å². The van der Waals surface area contributed by atoms with Crippen LogP contribution >= 0.6 is 34.9 Å². The molecule has 3 rings (SSSR count). The van der Waals surface area contributed by atoms with Crippen molar-refractivity contribution in [2.45, 2.75) is 16.2 Å². The Morgan fingerprint density at radius 3 is 2.50 bits per heavy atom. The van der Waals surface area contributed by atoms with Crippen LogP contribution in [-0.2, 0) is 9.59 Å². The molecule has 3 aromatic rings.